The van der Waals surface area contributed by atoms with E-state index in [1.54, 1.807) is 60.0 Å². The van der Waals surface area contributed by atoms with Crippen molar-refractivity contribution in [2.24, 2.45) is 0 Å². The van der Waals surface area contributed by atoms with E-state index in [0.717, 1.165) is 0 Å². The Hall–Kier alpha value is -3.43. The molecule has 158 valence electrons. The predicted octanol–water partition coefficient (Wildman–Crippen LogP) is 3.85. The summed E-state index contributed by atoms with van der Waals surface area (Å²) >= 11 is 6.22. The number of amides is 1. The third kappa shape index (κ3) is 3.97. The largest absolute Gasteiger partial charge is 0.290 e. The van der Waals surface area contributed by atoms with Crippen molar-refractivity contribution in [3.63, 3.8) is 0 Å². The van der Waals surface area contributed by atoms with Crippen LogP contribution in [-0.4, -0.2) is 35.5 Å². The fourth-order valence-corrected chi connectivity index (χ4v) is 4.85. The molecule has 4 aromatic rings. The predicted molar refractivity (Wildman–Crippen MR) is 119 cm³/mol. The molecule has 0 aliphatic heterocycles. The van der Waals surface area contributed by atoms with Gasteiger partial charge in [0.05, 0.1) is 21.2 Å². The van der Waals surface area contributed by atoms with Crippen molar-refractivity contribution >= 4 is 44.8 Å². The lowest BCUT2D eigenvalue weighted by atomic mass is 10.2. The number of anilines is 2. The highest BCUT2D eigenvalue weighted by atomic mass is 35.5. The van der Waals surface area contributed by atoms with Crippen molar-refractivity contribution in [2.75, 3.05) is 16.2 Å². The summed E-state index contributed by atoms with van der Waals surface area (Å²) in [5.74, 6) is -0.396. The Morgan fingerprint density at radius 2 is 1.81 bits per heavy atom. The molecule has 0 saturated carbocycles. The van der Waals surface area contributed by atoms with E-state index in [1.165, 1.54) is 22.5 Å². The highest BCUT2D eigenvalue weighted by Crippen LogP contribution is 2.27. The van der Waals surface area contributed by atoms with Crippen LogP contribution in [0.25, 0.3) is 5.65 Å². The van der Waals surface area contributed by atoms with Gasteiger partial charge in [0, 0.05) is 12.7 Å². The summed E-state index contributed by atoms with van der Waals surface area (Å²) in [6.07, 6.45) is 1.70. The Balaban J connectivity index is 1.68. The number of carbonyl (C=O) groups excluding carboxylic acids is 1. The number of halogens is 1. The molecule has 2 aromatic carbocycles. The molecule has 0 atom stereocenters. The van der Waals surface area contributed by atoms with Crippen LogP contribution in [0.4, 0.5) is 11.6 Å². The Morgan fingerprint density at radius 3 is 2.55 bits per heavy atom. The number of pyridine rings is 1. The van der Waals surface area contributed by atoms with Crippen LogP contribution in [0, 0.1) is 0 Å². The molecule has 0 saturated heterocycles. The van der Waals surface area contributed by atoms with Crippen LogP contribution in [0.2, 0.25) is 5.02 Å². The van der Waals surface area contributed by atoms with Crippen LogP contribution >= 0.6 is 11.6 Å². The number of para-hydroxylation sites is 1. The monoisotopic (exact) mass is 455 g/mol. The number of rotatable bonds is 6. The third-order valence-corrected chi connectivity index (χ3v) is 6.87. The zero-order valence-electron chi connectivity index (χ0n) is 16.4. The summed E-state index contributed by atoms with van der Waals surface area (Å²) in [4.78, 5) is 12.8. The minimum Gasteiger partial charge on any atom is -0.290 e. The molecule has 1 amide bonds. The molecule has 0 bridgehead atoms. The summed E-state index contributed by atoms with van der Waals surface area (Å²) in [5, 5.41) is 10.7. The minimum atomic E-state index is -3.91. The highest BCUT2D eigenvalue weighted by Gasteiger charge is 2.26. The lowest BCUT2D eigenvalue weighted by molar-refractivity contribution is 0.102. The number of sulfonamides is 1. The van der Waals surface area contributed by atoms with Crippen LogP contribution < -0.4 is 9.62 Å². The van der Waals surface area contributed by atoms with E-state index in [2.05, 4.69) is 15.5 Å². The zero-order chi connectivity index (χ0) is 22.0. The lowest BCUT2D eigenvalue weighted by Gasteiger charge is -2.23. The molecule has 0 aliphatic rings. The summed E-state index contributed by atoms with van der Waals surface area (Å²) in [5.41, 5.74) is 1.10. The standard InChI is InChI=1S/C21H18ClN5O3S/c1-2-27(15-8-4-3-5-9-15)31(29,30)16-11-12-18(22)17(14-16)20(28)23-21-25-24-19-10-6-7-13-26(19)21/h3-14H,2H2,1H3,(H,23,25,28). The minimum absolute atomic E-state index is 0.0135. The van der Waals surface area contributed by atoms with Gasteiger partial charge in [0.2, 0.25) is 5.95 Å². The van der Waals surface area contributed by atoms with Crippen LogP contribution in [0.3, 0.4) is 0 Å². The Bertz CT molecular complexity index is 1360. The summed E-state index contributed by atoms with van der Waals surface area (Å²) in [6, 6.07) is 18.1. The van der Waals surface area contributed by atoms with Crippen LogP contribution in [-0.2, 0) is 10.0 Å². The number of hydrogen-bond donors (Lipinski definition) is 1. The van der Waals surface area contributed by atoms with E-state index in [4.69, 9.17) is 11.6 Å². The average molecular weight is 456 g/mol. The van der Waals surface area contributed by atoms with E-state index >= 15 is 0 Å². The van der Waals surface area contributed by atoms with E-state index in [1.807, 2.05) is 6.07 Å². The van der Waals surface area contributed by atoms with Crippen molar-refractivity contribution in [1.82, 2.24) is 14.6 Å². The number of aromatic nitrogens is 3. The zero-order valence-corrected chi connectivity index (χ0v) is 18.0. The van der Waals surface area contributed by atoms with E-state index in [9.17, 15) is 13.2 Å². The fourth-order valence-electron chi connectivity index (χ4n) is 3.15. The van der Waals surface area contributed by atoms with Gasteiger partial charge in [-0.15, -0.1) is 10.2 Å². The van der Waals surface area contributed by atoms with E-state index in [0.29, 0.717) is 11.3 Å². The van der Waals surface area contributed by atoms with Crippen molar-refractivity contribution in [1.29, 1.82) is 0 Å². The van der Waals surface area contributed by atoms with Crippen LogP contribution in [0.15, 0.2) is 77.8 Å². The van der Waals surface area contributed by atoms with E-state index < -0.39 is 15.9 Å². The van der Waals surface area contributed by atoms with Gasteiger partial charge in [0.1, 0.15) is 0 Å². The van der Waals surface area contributed by atoms with Crippen LogP contribution in [0.1, 0.15) is 17.3 Å². The average Bonchev–Trinajstić information content (AvgIpc) is 3.18. The molecule has 1 N–H and O–H groups in total. The molecule has 0 aliphatic carbocycles. The molecule has 31 heavy (non-hydrogen) atoms. The molecule has 0 spiro atoms. The number of nitrogens with one attached hydrogen (secondary N) is 1. The van der Waals surface area contributed by atoms with Gasteiger partial charge in [0.25, 0.3) is 15.9 Å². The molecule has 0 fully saturated rings. The maximum atomic E-state index is 13.3. The number of fused-ring (bicyclic) bond motifs is 1. The number of benzene rings is 2. The fraction of sp³-hybridized carbons (Fsp3) is 0.0952. The maximum absolute atomic E-state index is 13.3. The second-order valence-corrected chi connectivity index (χ2v) is 8.82. The summed E-state index contributed by atoms with van der Waals surface area (Å²) in [7, 11) is -3.91. The molecule has 4 rings (SSSR count). The van der Waals surface area contributed by atoms with Crippen molar-refractivity contribution < 1.29 is 13.2 Å². The second-order valence-electron chi connectivity index (χ2n) is 6.55. The van der Waals surface area contributed by atoms with Gasteiger partial charge in [-0.2, -0.15) is 0 Å². The van der Waals surface area contributed by atoms with Gasteiger partial charge in [-0.05, 0) is 49.4 Å². The van der Waals surface area contributed by atoms with Gasteiger partial charge >= 0.3 is 0 Å². The van der Waals surface area contributed by atoms with Gasteiger partial charge in [-0.25, -0.2) is 8.42 Å². The third-order valence-electron chi connectivity index (χ3n) is 4.64. The number of hydrogen-bond acceptors (Lipinski definition) is 5. The van der Waals surface area contributed by atoms with Gasteiger partial charge in [-0.1, -0.05) is 35.9 Å². The molecule has 10 heteroatoms. The number of nitrogens with zero attached hydrogens (tertiary/aromatic N) is 4. The first-order valence-corrected chi connectivity index (χ1v) is 11.2. The SMILES string of the molecule is CCN(c1ccccc1)S(=O)(=O)c1ccc(Cl)c(C(=O)Nc2nnc3ccccn23)c1. The molecule has 8 nitrogen and oxygen atoms in total. The van der Waals surface area contributed by atoms with E-state index in [-0.39, 0.29) is 28.0 Å². The topological polar surface area (TPSA) is 96.7 Å². The number of carbonyl (C=O) groups is 1. The van der Waals surface area contributed by atoms with Gasteiger partial charge in [-0.3, -0.25) is 18.8 Å². The first-order chi connectivity index (χ1) is 14.9. The van der Waals surface area contributed by atoms with Crippen molar-refractivity contribution in [3.05, 3.63) is 83.5 Å². The smallest absolute Gasteiger partial charge is 0.264 e. The maximum Gasteiger partial charge on any atom is 0.264 e. The second kappa shape index (κ2) is 8.37. The Kier molecular flexibility index (Phi) is 5.62. The van der Waals surface area contributed by atoms with Gasteiger partial charge < -0.3 is 0 Å². The van der Waals surface area contributed by atoms with Crippen molar-refractivity contribution in [3.8, 4) is 0 Å². The lowest BCUT2D eigenvalue weighted by Crippen LogP contribution is -2.31. The normalized spacial score (nSPS) is 11.4. The molecular formula is C21H18ClN5O3S. The molecule has 2 aromatic heterocycles. The molecule has 0 radical (unpaired) electrons. The summed E-state index contributed by atoms with van der Waals surface area (Å²) in [6.45, 7) is 1.97. The first kappa shape index (κ1) is 20.8. The first-order valence-electron chi connectivity index (χ1n) is 9.40. The highest BCUT2D eigenvalue weighted by molar-refractivity contribution is 7.92. The Labute approximate surface area is 184 Å². The Morgan fingerprint density at radius 1 is 1.06 bits per heavy atom. The summed E-state index contributed by atoms with van der Waals surface area (Å²) < 4.78 is 29.4. The van der Waals surface area contributed by atoms with Crippen molar-refractivity contribution in [2.45, 2.75) is 11.8 Å². The molecular weight excluding hydrogens is 438 g/mol. The quantitative estimate of drug-likeness (QED) is 0.476. The molecule has 0 unspecified atom stereocenters. The van der Waals surface area contributed by atoms with Gasteiger partial charge in [0.15, 0.2) is 5.65 Å². The van der Waals surface area contributed by atoms with Crippen LogP contribution in [0.5, 0.6) is 0 Å². The molecule has 2 heterocycles.